The summed E-state index contributed by atoms with van der Waals surface area (Å²) in [5, 5.41) is 0. The number of hydrogen-bond acceptors (Lipinski definition) is 3. The molecular weight excluding hydrogens is 416 g/mol. The lowest BCUT2D eigenvalue weighted by Gasteiger charge is -2.48. The molecule has 7 rings (SSSR count). The van der Waals surface area contributed by atoms with E-state index in [0.717, 1.165) is 45.0 Å². The first-order valence-electron chi connectivity index (χ1n) is 11.5. The standard InChI is InChI=1S/C31H20N2O/c34-29-22-13-4-5-15-24(22)31(30-23(29)14-10-20-32-30)25-16-6-8-18-27(25)33(21-11-2-1-3-12-21)28-19-9-7-17-26(28)31/h1-20H. The van der Waals surface area contributed by atoms with Crippen molar-refractivity contribution in [3.05, 3.63) is 155 Å². The van der Waals surface area contributed by atoms with E-state index in [-0.39, 0.29) is 5.78 Å². The van der Waals surface area contributed by atoms with Crippen molar-refractivity contribution in [1.82, 2.24) is 4.98 Å². The van der Waals surface area contributed by atoms with Crippen molar-refractivity contribution in [3.63, 3.8) is 0 Å². The topological polar surface area (TPSA) is 33.2 Å². The second-order valence-electron chi connectivity index (χ2n) is 8.73. The summed E-state index contributed by atoms with van der Waals surface area (Å²) in [7, 11) is 0. The molecule has 0 unspecified atom stereocenters. The molecule has 0 N–H and O–H groups in total. The Balaban J connectivity index is 1.69. The van der Waals surface area contributed by atoms with Gasteiger partial charge in [0.05, 0.1) is 22.5 Å². The number of hydrogen-bond donors (Lipinski definition) is 0. The molecule has 0 saturated carbocycles. The highest BCUT2D eigenvalue weighted by Gasteiger charge is 2.52. The summed E-state index contributed by atoms with van der Waals surface area (Å²) in [6.07, 6.45) is 1.80. The maximum absolute atomic E-state index is 13.6. The van der Waals surface area contributed by atoms with Crippen LogP contribution in [0.5, 0.6) is 0 Å². The Morgan fingerprint density at radius 2 is 1.12 bits per heavy atom. The van der Waals surface area contributed by atoms with Crippen molar-refractivity contribution in [2.75, 3.05) is 4.90 Å². The van der Waals surface area contributed by atoms with Crippen LogP contribution in [0, 0.1) is 0 Å². The van der Waals surface area contributed by atoms with E-state index in [4.69, 9.17) is 4.98 Å². The Morgan fingerprint density at radius 3 is 1.82 bits per heavy atom. The van der Waals surface area contributed by atoms with Crippen LogP contribution in [0.1, 0.15) is 38.3 Å². The van der Waals surface area contributed by atoms with Crippen LogP contribution in [0.25, 0.3) is 0 Å². The zero-order chi connectivity index (χ0) is 22.7. The van der Waals surface area contributed by atoms with Gasteiger partial charge in [-0.2, -0.15) is 0 Å². The lowest BCUT2D eigenvalue weighted by atomic mass is 9.59. The fourth-order valence-corrected chi connectivity index (χ4v) is 5.81. The number of aromatic nitrogens is 1. The van der Waals surface area contributed by atoms with Crippen LogP contribution in [-0.4, -0.2) is 10.8 Å². The van der Waals surface area contributed by atoms with Gasteiger partial charge in [-0.05, 0) is 53.1 Å². The van der Waals surface area contributed by atoms with Crippen molar-refractivity contribution < 1.29 is 4.79 Å². The van der Waals surface area contributed by atoms with Gasteiger partial charge in [-0.15, -0.1) is 0 Å². The molecule has 3 nitrogen and oxygen atoms in total. The molecular formula is C31H20N2O. The van der Waals surface area contributed by atoms with Crippen LogP contribution >= 0.6 is 0 Å². The monoisotopic (exact) mass is 436 g/mol. The number of fused-ring (bicyclic) bond motifs is 8. The van der Waals surface area contributed by atoms with Gasteiger partial charge in [-0.3, -0.25) is 9.78 Å². The Labute approximate surface area is 198 Å². The second kappa shape index (κ2) is 7.00. The predicted octanol–water partition coefficient (Wildman–Crippen LogP) is 6.79. The van der Waals surface area contributed by atoms with Crippen LogP contribution < -0.4 is 4.90 Å². The number of anilines is 3. The third kappa shape index (κ3) is 2.31. The molecule has 34 heavy (non-hydrogen) atoms. The molecule has 0 amide bonds. The van der Waals surface area contributed by atoms with Gasteiger partial charge in [0, 0.05) is 23.0 Å². The minimum atomic E-state index is -0.695. The highest BCUT2D eigenvalue weighted by atomic mass is 16.1. The number of carbonyl (C=O) groups is 1. The Hall–Kier alpha value is -4.50. The summed E-state index contributed by atoms with van der Waals surface area (Å²) in [6.45, 7) is 0. The number of benzene rings is 4. The smallest absolute Gasteiger partial charge is 0.195 e. The van der Waals surface area contributed by atoms with Gasteiger partial charge >= 0.3 is 0 Å². The first-order chi connectivity index (χ1) is 16.8. The molecule has 0 bridgehead atoms. The van der Waals surface area contributed by atoms with E-state index in [2.05, 4.69) is 83.8 Å². The Morgan fingerprint density at radius 1 is 0.559 bits per heavy atom. The van der Waals surface area contributed by atoms with Crippen LogP contribution in [0.4, 0.5) is 17.1 Å². The van der Waals surface area contributed by atoms with E-state index in [0.29, 0.717) is 5.56 Å². The van der Waals surface area contributed by atoms with Crippen molar-refractivity contribution in [2.24, 2.45) is 0 Å². The maximum atomic E-state index is 13.6. The first kappa shape index (κ1) is 19.0. The number of pyridine rings is 1. The number of carbonyl (C=O) groups excluding carboxylic acids is 1. The zero-order valence-electron chi connectivity index (χ0n) is 18.3. The lowest BCUT2D eigenvalue weighted by molar-refractivity contribution is 0.103. The third-order valence-electron chi connectivity index (χ3n) is 7.10. The number of nitrogens with zero attached hydrogens (tertiary/aromatic N) is 2. The molecule has 3 heteroatoms. The summed E-state index contributed by atoms with van der Waals surface area (Å²) in [6, 6.07) is 39.3. The van der Waals surface area contributed by atoms with Gasteiger partial charge in [0.15, 0.2) is 5.78 Å². The number of para-hydroxylation sites is 3. The zero-order valence-corrected chi connectivity index (χ0v) is 18.3. The molecule has 1 aliphatic carbocycles. The Kier molecular flexibility index (Phi) is 3.91. The van der Waals surface area contributed by atoms with E-state index in [1.807, 2.05) is 36.4 Å². The molecule has 0 fully saturated rings. The van der Waals surface area contributed by atoms with Crippen LogP contribution in [-0.2, 0) is 5.41 Å². The van der Waals surface area contributed by atoms with Gasteiger partial charge in [0.25, 0.3) is 0 Å². The number of ketones is 1. The van der Waals surface area contributed by atoms with E-state index in [9.17, 15) is 4.79 Å². The predicted molar refractivity (Wildman–Crippen MR) is 134 cm³/mol. The quantitative estimate of drug-likeness (QED) is 0.284. The molecule has 0 radical (unpaired) electrons. The summed E-state index contributed by atoms with van der Waals surface area (Å²) in [5.41, 5.74) is 8.01. The summed E-state index contributed by atoms with van der Waals surface area (Å²) < 4.78 is 0. The second-order valence-corrected chi connectivity index (χ2v) is 8.73. The fourth-order valence-electron chi connectivity index (χ4n) is 5.81. The molecule has 4 aromatic carbocycles. The number of rotatable bonds is 1. The van der Waals surface area contributed by atoms with Crippen molar-refractivity contribution >= 4 is 22.8 Å². The molecule has 1 spiro atoms. The van der Waals surface area contributed by atoms with Crippen molar-refractivity contribution in [1.29, 1.82) is 0 Å². The molecule has 2 aliphatic rings. The lowest BCUT2D eigenvalue weighted by Crippen LogP contribution is -2.43. The van der Waals surface area contributed by atoms with E-state index < -0.39 is 5.41 Å². The normalized spacial score (nSPS) is 14.7. The third-order valence-corrected chi connectivity index (χ3v) is 7.10. The van der Waals surface area contributed by atoms with Crippen molar-refractivity contribution in [2.45, 2.75) is 5.41 Å². The fraction of sp³-hybridized carbons (Fsp3) is 0.0323. The Bertz CT molecular complexity index is 1490. The SMILES string of the molecule is O=C1c2ccccc2C2(c3ccccc3N(c3ccccc3)c3ccccc32)c2ncccc21. The maximum Gasteiger partial charge on any atom is 0.195 e. The van der Waals surface area contributed by atoms with Crippen LogP contribution in [0.3, 0.4) is 0 Å². The minimum Gasteiger partial charge on any atom is -0.310 e. The first-order valence-corrected chi connectivity index (χ1v) is 11.5. The molecule has 2 heterocycles. The highest BCUT2D eigenvalue weighted by molar-refractivity contribution is 6.14. The van der Waals surface area contributed by atoms with Crippen LogP contribution in [0.15, 0.2) is 121 Å². The van der Waals surface area contributed by atoms with Crippen LogP contribution in [0.2, 0.25) is 0 Å². The molecule has 160 valence electrons. The van der Waals surface area contributed by atoms with Gasteiger partial charge < -0.3 is 4.90 Å². The van der Waals surface area contributed by atoms with E-state index >= 15 is 0 Å². The summed E-state index contributed by atoms with van der Waals surface area (Å²) in [5.74, 6) is 0.0322. The van der Waals surface area contributed by atoms with Crippen molar-refractivity contribution in [3.8, 4) is 0 Å². The highest BCUT2D eigenvalue weighted by Crippen LogP contribution is 2.59. The molecule has 1 aromatic heterocycles. The minimum absolute atomic E-state index is 0.0322. The summed E-state index contributed by atoms with van der Waals surface area (Å²) in [4.78, 5) is 20.8. The van der Waals surface area contributed by atoms with Gasteiger partial charge in [0.2, 0.25) is 0 Å². The average molecular weight is 437 g/mol. The molecule has 5 aromatic rings. The van der Waals surface area contributed by atoms with Gasteiger partial charge in [-0.25, -0.2) is 0 Å². The molecule has 1 aliphatic heterocycles. The van der Waals surface area contributed by atoms with Gasteiger partial charge in [0.1, 0.15) is 0 Å². The largest absolute Gasteiger partial charge is 0.310 e. The molecule has 0 atom stereocenters. The van der Waals surface area contributed by atoms with E-state index in [1.54, 1.807) is 6.20 Å². The van der Waals surface area contributed by atoms with E-state index in [1.165, 1.54) is 0 Å². The molecule has 0 saturated heterocycles. The average Bonchev–Trinajstić information content (AvgIpc) is 2.91. The van der Waals surface area contributed by atoms with Gasteiger partial charge in [-0.1, -0.05) is 78.9 Å². The summed E-state index contributed by atoms with van der Waals surface area (Å²) >= 11 is 0.